The Labute approximate surface area is 120 Å². The lowest BCUT2D eigenvalue weighted by atomic mass is 10.2. The van der Waals surface area contributed by atoms with Crippen molar-refractivity contribution in [3.63, 3.8) is 0 Å². The van der Waals surface area contributed by atoms with Crippen LogP contribution >= 0.6 is 27.7 Å². The number of anilines is 1. The Balaban J connectivity index is 2.11. The van der Waals surface area contributed by atoms with Gasteiger partial charge in [0.1, 0.15) is 0 Å². The van der Waals surface area contributed by atoms with Crippen LogP contribution in [0.15, 0.2) is 39.8 Å². The number of aromatic nitrogens is 1. The summed E-state index contributed by atoms with van der Waals surface area (Å²) in [6.07, 6.45) is 0. The molecule has 0 radical (unpaired) electrons. The maximum absolute atomic E-state index is 5.98. The SMILES string of the molecule is Cc1cc(C)nc(SCc2ccc(Br)cc2N)c1. The Morgan fingerprint density at radius 2 is 2.00 bits per heavy atom. The zero-order valence-corrected chi connectivity index (χ0v) is 12.8. The number of nitrogens with zero attached hydrogens (tertiary/aromatic N) is 1. The molecule has 2 N–H and O–H groups in total. The summed E-state index contributed by atoms with van der Waals surface area (Å²) in [5.74, 6) is 0.842. The van der Waals surface area contributed by atoms with E-state index in [4.69, 9.17) is 5.73 Å². The summed E-state index contributed by atoms with van der Waals surface area (Å²) in [5, 5.41) is 1.05. The average Bonchev–Trinajstić information content (AvgIpc) is 2.26. The number of rotatable bonds is 3. The number of pyridine rings is 1. The summed E-state index contributed by atoms with van der Waals surface area (Å²) in [6.45, 7) is 4.11. The summed E-state index contributed by atoms with van der Waals surface area (Å²) >= 11 is 5.13. The first-order valence-electron chi connectivity index (χ1n) is 5.66. The second kappa shape index (κ2) is 5.76. The molecule has 0 amide bonds. The first-order chi connectivity index (χ1) is 8.54. The number of nitrogens with two attached hydrogens (primary N) is 1. The molecular formula is C14H15BrN2S. The van der Waals surface area contributed by atoms with Crippen molar-refractivity contribution in [2.45, 2.75) is 24.6 Å². The van der Waals surface area contributed by atoms with Crippen LogP contribution in [0.5, 0.6) is 0 Å². The lowest BCUT2D eigenvalue weighted by molar-refractivity contribution is 1.05. The molecule has 0 spiro atoms. The molecule has 18 heavy (non-hydrogen) atoms. The number of benzene rings is 1. The highest BCUT2D eigenvalue weighted by Crippen LogP contribution is 2.26. The lowest BCUT2D eigenvalue weighted by Gasteiger charge is -2.07. The van der Waals surface area contributed by atoms with Gasteiger partial charge in [-0.3, -0.25) is 0 Å². The molecular weight excluding hydrogens is 308 g/mol. The van der Waals surface area contributed by atoms with Crippen molar-refractivity contribution in [2.24, 2.45) is 0 Å². The molecule has 0 aliphatic rings. The maximum Gasteiger partial charge on any atom is 0.0968 e. The molecule has 2 aromatic rings. The molecule has 0 aliphatic heterocycles. The molecule has 0 bridgehead atoms. The van der Waals surface area contributed by atoms with Gasteiger partial charge in [0, 0.05) is 21.6 Å². The van der Waals surface area contributed by atoms with Gasteiger partial charge in [-0.15, -0.1) is 11.8 Å². The fourth-order valence-electron chi connectivity index (χ4n) is 1.73. The maximum atomic E-state index is 5.98. The molecule has 0 unspecified atom stereocenters. The minimum atomic E-state index is 0.821. The van der Waals surface area contributed by atoms with Crippen LogP contribution in [0.1, 0.15) is 16.8 Å². The third-order valence-electron chi connectivity index (χ3n) is 2.56. The predicted molar refractivity (Wildman–Crippen MR) is 81.8 cm³/mol. The van der Waals surface area contributed by atoms with Crippen LogP contribution in [-0.2, 0) is 5.75 Å². The van der Waals surface area contributed by atoms with E-state index in [1.807, 2.05) is 19.1 Å². The Bertz CT molecular complexity index is 549. The van der Waals surface area contributed by atoms with Gasteiger partial charge in [0.15, 0.2) is 0 Å². The highest BCUT2D eigenvalue weighted by Gasteiger charge is 2.03. The second-order valence-corrected chi connectivity index (χ2v) is 6.17. The lowest BCUT2D eigenvalue weighted by Crippen LogP contribution is -1.93. The number of nitrogen functional groups attached to an aromatic ring is 1. The van der Waals surface area contributed by atoms with E-state index in [0.29, 0.717) is 0 Å². The number of thioether (sulfide) groups is 1. The predicted octanol–water partition coefficient (Wildman–Crippen LogP) is 4.34. The van der Waals surface area contributed by atoms with E-state index in [2.05, 4.69) is 46.0 Å². The first kappa shape index (κ1) is 13.4. The standard InChI is InChI=1S/C14H15BrN2S/c1-9-5-10(2)17-14(6-9)18-8-11-3-4-12(15)7-13(11)16/h3-7H,8,16H2,1-2H3. The van der Waals surface area contributed by atoms with Gasteiger partial charge in [-0.25, -0.2) is 4.98 Å². The van der Waals surface area contributed by atoms with Crippen LogP contribution in [0.2, 0.25) is 0 Å². The fourth-order valence-corrected chi connectivity index (χ4v) is 3.15. The van der Waals surface area contributed by atoms with E-state index in [1.54, 1.807) is 11.8 Å². The monoisotopic (exact) mass is 322 g/mol. The number of hydrogen-bond acceptors (Lipinski definition) is 3. The van der Waals surface area contributed by atoms with Crippen molar-refractivity contribution in [2.75, 3.05) is 5.73 Å². The molecule has 0 atom stereocenters. The molecule has 0 saturated carbocycles. The number of hydrogen-bond donors (Lipinski definition) is 1. The van der Waals surface area contributed by atoms with Crippen molar-refractivity contribution in [3.8, 4) is 0 Å². The largest absolute Gasteiger partial charge is 0.398 e. The van der Waals surface area contributed by atoms with Gasteiger partial charge in [0.2, 0.25) is 0 Å². The molecule has 2 rings (SSSR count). The van der Waals surface area contributed by atoms with Gasteiger partial charge < -0.3 is 5.73 Å². The van der Waals surface area contributed by atoms with E-state index < -0.39 is 0 Å². The van der Waals surface area contributed by atoms with Gasteiger partial charge >= 0.3 is 0 Å². The Morgan fingerprint density at radius 1 is 1.22 bits per heavy atom. The van der Waals surface area contributed by atoms with Crippen molar-refractivity contribution in [1.82, 2.24) is 4.98 Å². The molecule has 0 saturated heterocycles. The van der Waals surface area contributed by atoms with E-state index in [1.165, 1.54) is 5.56 Å². The third-order valence-corrected chi connectivity index (χ3v) is 4.01. The van der Waals surface area contributed by atoms with Crippen LogP contribution < -0.4 is 5.73 Å². The molecule has 1 aromatic heterocycles. The zero-order chi connectivity index (χ0) is 13.1. The summed E-state index contributed by atoms with van der Waals surface area (Å²) in [4.78, 5) is 4.51. The van der Waals surface area contributed by atoms with Crippen LogP contribution in [0.4, 0.5) is 5.69 Å². The van der Waals surface area contributed by atoms with Gasteiger partial charge in [0.05, 0.1) is 5.03 Å². The van der Waals surface area contributed by atoms with E-state index in [0.717, 1.165) is 32.2 Å². The van der Waals surface area contributed by atoms with Crippen molar-refractivity contribution < 1.29 is 0 Å². The highest BCUT2D eigenvalue weighted by atomic mass is 79.9. The fraction of sp³-hybridized carbons (Fsp3) is 0.214. The summed E-state index contributed by atoms with van der Waals surface area (Å²) in [7, 11) is 0. The summed E-state index contributed by atoms with van der Waals surface area (Å²) in [6, 6.07) is 10.2. The van der Waals surface area contributed by atoms with E-state index in [9.17, 15) is 0 Å². The average molecular weight is 323 g/mol. The van der Waals surface area contributed by atoms with Crippen LogP contribution in [-0.4, -0.2) is 4.98 Å². The zero-order valence-electron chi connectivity index (χ0n) is 10.4. The van der Waals surface area contributed by atoms with Crippen LogP contribution in [0.25, 0.3) is 0 Å². The minimum absolute atomic E-state index is 0.821. The molecule has 0 aliphatic carbocycles. The minimum Gasteiger partial charge on any atom is -0.398 e. The summed E-state index contributed by atoms with van der Waals surface area (Å²) < 4.78 is 1.01. The molecule has 1 aromatic carbocycles. The van der Waals surface area contributed by atoms with E-state index >= 15 is 0 Å². The van der Waals surface area contributed by atoms with Crippen LogP contribution in [0.3, 0.4) is 0 Å². The number of aryl methyl sites for hydroxylation is 2. The van der Waals surface area contributed by atoms with E-state index in [-0.39, 0.29) is 0 Å². The van der Waals surface area contributed by atoms with Gasteiger partial charge in [-0.2, -0.15) is 0 Å². The third kappa shape index (κ3) is 3.50. The quantitative estimate of drug-likeness (QED) is 0.675. The van der Waals surface area contributed by atoms with Gasteiger partial charge in [-0.05, 0) is 49.2 Å². The van der Waals surface area contributed by atoms with Crippen molar-refractivity contribution >= 4 is 33.4 Å². The van der Waals surface area contributed by atoms with Crippen molar-refractivity contribution in [3.05, 3.63) is 51.6 Å². The molecule has 4 heteroatoms. The van der Waals surface area contributed by atoms with Gasteiger partial charge in [0.25, 0.3) is 0 Å². The highest BCUT2D eigenvalue weighted by molar-refractivity contribution is 9.10. The smallest absolute Gasteiger partial charge is 0.0968 e. The van der Waals surface area contributed by atoms with Gasteiger partial charge in [-0.1, -0.05) is 22.0 Å². The molecule has 1 heterocycles. The molecule has 2 nitrogen and oxygen atoms in total. The Hall–Kier alpha value is -1.00. The summed E-state index contributed by atoms with van der Waals surface area (Å²) in [5.41, 5.74) is 10.2. The van der Waals surface area contributed by atoms with Crippen LogP contribution in [0, 0.1) is 13.8 Å². The Morgan fingerprint density at radius 3 is 2.67 bits per heavy atom. The first-order valence-corrected chi connectivity index (χ1v) is 7.44. The normalized spacial score (nSPS) is 10.6. The molecule has 94 valence electrons. The topological polar surface area (TPSA) is 38.9 Å². The Kier molecular flexibility index (Phi) is 4.30. The number of halogens is 1. The second-order valence-electron chi connectivity index (χ2n) is 4.26. The molecule has 0 fully saturated rings. The van der Waals surface area contributed by atoms with Crippen molar-refractivity contribution in [1.29, 1.82) is 0 Å².